The number of rotatable bonds is 7. The summed E-state index contributed by atoms with van der Waals surface area (Å²) >= 11 is 0. The standard InChI is InChI=1S/C25H32N2O2/c1-17(2)27(18(3)4)15-14-26-16-23(25(28)29)21-12-8-9-13-22(21)24(26)20-11-7-6-10-19(20)5/h6-13,16-18,24H,14-15H2,1-5H3,(H,28,29). The predicted molar refractivity (Wildman–Crippen MR) is 119 cm³/mol. The Morgan fingerprint density at radius 1 is 1.00 bits per heavy atom. The fourth-order valence-corrected chi connectivity index (χ4v) is 4.42. The Bertz CT molecular complexity index is 893. The van der Waals surface area contributed by atoms with Gasteiger partial charge in [-0.25, -0.2) is 4.79 Å². The summed E-state index contributed by atoms with van der Waals surface area (Å²) in [5.41, 5.74) is 4.68. The molecule has 1 aliphatic rings. The zero-order valence-corrected chi connectivity index (χ0v) is 18.1. The first-order valence-electron chi connectivity index (χ1n) is 10.4. The zero-order valence-electron chi connectivity index (χ0n) is 18.1. The van der Waals surface area contributed by atoms with E-state index in [0.29, 0.717) is 17.7 Å². The summed E-state index contributed by atoms with van der Waals surface area (Å²) < 4.78 is 0. The first-order valence-corrected chi connectivity index (χ1v) is 10.4. The summed E-state index contributed by atoms with van der Waals surface area (Å²) in [7, 11) is 0. The largest absolute Gasteiger partial charge is 0.478 e. The predicted octanol–water partition coefficient (Wildman–Crippen LogP) is 4.94. The van der Waals surface area contributed by atoms with Crippen LogP contribution in [0.4, 0.5) is 0 Å². The second-order valence-electron chi connectivity index (χ2n) is 8.36. The lowest BCUT2D eigenvalue weighted by molar-refractivity contribution is -0.130. The number of benzene rings is 2. The van der Waals surface area contributed by atoms with Gasteiger partial charge in [-0.3, -0.25) is 4.90 Å². The number of aliphatic carboxylic acids is 1. The van der Waals surface area contributed by atoms with Gasteiger partial charge in [0.25, 0.3) is 0 Å². The molecule has 2 aromatic carbocycles. The molecule has 0 saturated carbocycles. The van der Waals surface area contributed by atoms with Gasteiger partial charge < -0.3 is 10.0 Å². The van der Waals surface area contributed by atoms with Crippen molar-refractivity contribution in [1.29, 1.82) is 0 Å². The Morgan fingerprint density at radius 2 is 1.59 bits per heavy atom. The zero-order chi connectivity index (χ0) is 21.1. The third-order valence-electron chi connectivity index (χ3n) is 5.83. The number of hydrogen-bond acceptors (Lipinski definition) is 3. The molecule has 1 aliphatic heterocycles. The van der Waals surface area contributed by atoms with Crippen LogP contribution in [0.1, 0.15) is 56.0 Å². The molecule has 0 spiro atoms. The highest BCUT2D eigenvalue weighted by atomic mass is 16.4. The molecule has 0 bridgehead atoms. The van der Waals surface area contributed by atoms with Crippen molar-refractivity contribution in [2.24, 2.45) is 0 Å². The number of nitrogens with zero attached hydrogens (tertiary/aromatic N) is 2. The van der Waals surface area contributed by atoms with Crippen LogP contribution in [-0.2, 0) is 4.79 Å². The van der Waals surface area contributed by atoms with E-state index in [1.54, 1.807) is 0 Å². The molecule has 29 heavy (non-hydrogen) atoms. The fraction of sp³-hybridized carbons (Fsp3) is 0.400. The molecule has 4 heteroatoms. The van der Waals surface area contributed by atoms with E-state index in [0.717, 1.165) is 24.2 Å². The second-order valence-corrected chi connectivity index (χ2v) is 8.36. The lowest BCUT2D eigenvalue weighted by Crippen LogP contribution is -2.43. The van der Waals surface area contributed by atoms with Crippen molar-refractivity contribution >= 4 is 11.5 Å². The van der Waals surface area contributed by atoms with Gasteiger partial charge in [-0.1, -0.05) is 48.5 Å². The van der Waals surface area contributed by atoms with E-state index in [2.05, 4.69) is 74.8 Å². The molecule has 0 amide bonds. The van der Waals surface area contributed by atoms with E-state index in [-0.39, 0.29) is 6.04 Å². The summed E-state index contributed by atoms with van der Waals surface area (Å²) in [6.45, 7) is 12.6. The minimum Gasteiger partial charge on any atom is -0.478 e. The van der Waals surface area contributed by atoms with Gasteiger partial charge in [-0.15, -0.1) is 0 Å². The van der Waals surface area contributed by atoms with Gasteiger partial charge in [0.05, 0.1) is 11.6 Å². The van der Waals surface area contributed by atoms with Crippen LogP contribution in [0, 0.1) is 6.92 Å². The molecule has 1 atom stereocenters. The monoisotopic (exact) mass is 392 g/mol. The molecule has 154 valence electrons. The molecule has 0 fully saturated rings. The van der Waals surface area contributed by atoms with Crippen LogP contribution in [0.5, 0.6) is 0 Å². The number of carboxylic acids is 1. The molecule has 1 unspecified atom stereocenters. The van der Waals surface area contributed by atoms with Crippen LogP contribution in [0.25, 0.3) is 5.57 Å². The minimum absolute atomic E-state index is 0.0108. The lowest BCUT2D eigenvalue weighted by Gasteiger charge is -2.40. The van der Waals surface area contributed by atoms with Gasteiger partial charge in [0, 0.05) is 31.4 Å². The van der Waals surface area contributed by atoms with E-state index in [4.69, 9.17) is 0 Å². The molecular weight excluding hydrogens is 360 g/mol. The van der Waals surface area contributed by atoms with Gasteiger partial charge in [0.1, 0.15) is 0 Å². The maximum absolute atomic E-state index is 12.0. The van der Waals surface area contributed by atoms with Crippen molar-refractivity contribution in [3.63, 3.8) is 0 Å². The molecule has 1 N–H and O–H groups in total. The van der Waals surface area contributed by atoms with Crippen molar-refractivity contribution in [2.75, 3.05) is 13.1 Å². The summed E-state index contributed by atoms with van der Waals surface area (Å²) in [5, 5.41) is 9.86. The average molecular weight is 393 g/mol. The molecule has 4 nitrogen and oxygen atoms in total. The van der Waals surface area contributed by atoms with E-state index in [1.165, 1.54) is 11.1 Å². The number of hydrogen-bond donors (Lipinski definition) is 1. The Balaban J connectivity index is 2.06. The van der Waals surface area contributed by atoms with Gasteiger partial charge >= 0.3 is 5.97 Å². The highest BCUT2D eigenvalue weighted by Gasteiger charge is 2.32. The summed E-state index contributed by atoms with van der Waals surface area (Å²) in [4.78, 5) is 16.7. The topological polar surface area (TPSA) is 43.8 Å². The van der Waals surface area contributed by atoms with Crippen molar-refractivity contribution in [3.8, 4) is 0 Å². The van der Waals surface area contributed by atoms with E-state index in [9.17, 15) is 9.90 Å². The van der Waals surface area contributed by atoms with Crippen molar-refractivity contribution in [2.45, 2.75) is 52.7 Å². The van der Waals surface area contributed by atoms with Gasteiger partial charge in [-0.2, -0.15) is 0 Å². The maximum atomic E-state index is 12.0. The first kappa shape index (κ1) is 21.1. The first-order chi connectivity index (χ1) is 13.8. The van der Waals surface area contributed by atoms with Crippen molar-refractivity contribution in [3.05, 3.63) is 77.0 Å². The average Bonchev–Trinajstić information content (AvgIpc) is 2.67. The Hall–Kier alpha value is -2.59. The Labute approximate surface area is 174 Å². The van der Waals surface area contributed by atoms with Crippen molar-refractivity contribution < 1.29 is 9.90 Å². The number of carboxylic acid groups (broad SMARTS) is 1. The second kappa shape index (κ2) is 8.83. The molecule has 2 aromatic rings. The van der Waals surface area contributed by atoms with Crippen molar-refractivity contribution in [1.82, 2.24) is 9.80 Å². The van der Waals surface area contributed by atoms with Gasteiger partial charge in [0.15, 0.2) is 0 Å². The lowest BCUT2D eigenvalue weighted by atomic mass is 9.85. The van der Waals surface area contributed by atoms with Crippen LogP contribution >= 0.6 is 0 Å². The molecule has 1 heterocycles. The minimum atomic E-state index is -0.879. The quantitative estimate of drug-likeness (QED) is 0.724. The Morgan fingerprint density at radius 3 is 2.17 bits per heavy atom. The molecule has 0 radical (unpaired) electrons. The van der Waals surface area contributed by atoms with Gasteiger partial charge in [-0.05, 0) is 56.9 Å². The summed E-state index contributed by atoms with van der Waals surface area (Å²) in [5.74, 6) is -0.879. The molecule has 0 saturated heterocycles. The third-order valence-corrected chi connectivity index (χ3v) is 5.83. The van der Waals surface area contributed by atoms with E-state index >= 15 is 0 Å². The maximum Gasteiger partial charge on any atom is 0.337 e. The molecule has 3 rings (SSSR count). The molecule has 0 aromatic heterocycles. The van der Waals surface area contributed by atoms with Gasteiger partial charge in [0.2, 0.25) is 0 Å². The normalized spacial score (nSPS) is 16.3. The summed E-state index contributed by atoms with van der Waals surface area (Å²) in [6, 6.07) is 17.2. The highest BCUT2D eigenvalue weighted by molar-refractivity contribution is 6.16. The number of carbonyl (C=O) groups is 1. The number of fused-ring (bicyclic) bond motifs is 1. The van der Waals surface area contributed by atoms with E-state index < -0.39 is 5.97 Å². The highest BCUT2D eigenvalue weighted by Crippen LogP contribution is 2.39. The molecule has 0 aliphatic carbocycles. The fourth-order valence-electron chi connectivity index (χ4n) is 4.42. The smallest absolute Gasteiger partial charge is 0.337 e. The van der Waals surface area contributed by atoms with Crippen LogP contribution in [0.15, 0.2) is 54.7 Å². The van der Waals surface area contributed by atoms with Crippen LogP contribution in [-0.4, -0.2) is 46.0 Å². The van der Waals surface area contributed by atoms with Crippen LogP contribution < -0.4 is 0 Å². The molecular formula is C25H32N2O2. The van der Waals surface area contributed by atoms with Crippen LogP contribution in [0.3, 0.4) is 0 Å². The Kier molecular flexibility index (Phi) is 6.43. The van der Waals surface area contributed by atoms with E-state index in [1.807, 2.05) is 24.4 Å². The number of aryl methyl sites for hydroxylation is 1. The SMILES string of the molecule is Cc1ccccc1C1c2ccccc2C(C(=O)O)=CN1CCN(C(C)C)C(C)C. The third kappa shape index (κ3) is 4.38. The van der Waals surface area contributed by atoms with Crippen LogP contribution in [0.2, 0.25) is 0 Å². The summed E-state index contributed by atoms with van der Waals surface area (Å²) in [6.07, 6.45) is 1.85.